The predicted molar refractivity (Wildman–Crippen MR) is 120 cm³/mol. The molecule has 1 N–H and O–H groups in total. The molecule has 1 aliphatic heterocycles. The molecule has 0 amide bonds. The number of aliphatic hydroxyl groups is 1. The third-order valence-corrected chi connectivity index (χ3v) is 12.5. The van der Waals surface area contributed by atoms with Gasteiger partial charge in [0.15, 0.2) is 11.6 Å². The van der Waals surface area contributed by atoms with Crippen molar-refractivity contribution in [1.82, 2.24) is 0 Å². The molecule has 0 aromatic heterocycles. The lowest BCUT2D eigenvalue weighted by Crippen LogP contribution is -2.63. The van der Waals surface area contributed by atoms with Gasteiger partial charge in [-0.25, -0.2) is 0 Å². The van der Waals surface area contributed by atoms with E-state index in [4.69, 9.17) is 13.9 Å². The number of carbonyl (C=O) groups is 1. The summed E-state index contributed by atoms with van der Waals surface area (Å²) >= 11 is 0. The Kier molecular flexibility index (Phi) is 9.14. The molecule has 4 atom stereocenters. The molecule has 1 rings (SSSR count). The highest BCUT2D eigenvalue weighted by atomic mass is 28.4. The van der Waals surface area contributed by atoms with Crippen LogP contribution >= 0.6 is 0 Å². The van der Waals surface area contributed by atoms with Crippen molar-refractivity contribution in [3.63, 3.8) is 0 Å². The lowest BCUT2D eigenvalue weighted by Gasteiger charge is -2.50. The monoisotopic (exact) mass is 430 g/mol. The van der Waals surface area contributed by atoms with E-state index in [1.54, 1.807) is 0 Å². The van der Waals surface area contributed by atoms with Crippen LogP contribution in [0.3, 0.4) is 0 Å². The van der Waals surface area contributed by atoms with Crippen molar-refractivity contribution in [3.8, 4) is 0 Å². The van der Waals surface area contributed by atoms with E-state index in [1.165, 1.54) is 0 Å². The molecule has 0 aromatic carbocycles. The van der Waals surface area contributed by atoms with Gasteiger partial charge in [0.2, 0.25) is 8.32 Å². The summed E-state index contributed by atoms with van der Waals surface area (Å²) in [6.07, 6.45) is -2.89. The van der Waals surface area contributed by atoms with E-state index in [0.29, 0.717) is 16.6 Å². The summed E-state index contributed by atoms with van der Waals surface area (Å²) < 4.78 is 19.1. The van der Waals surface area contributed by atoms with Gasteiger partial charge in [-0.1, -0.05) is 69.2 Å². The Bertz CT molecular complexity index is 520. The molecule has 29 heavy (non-hydrogen) atoms. The largest absolute Gasteiger partial charge is 0.410 e. The fraction of sp³-hybridized carbons (Fsp3) is 0.957. The van der Waals surface area contributed by atoms with Gasteiger partial charge in [0.25, 0.3) is 0 Å². The molecule has 0 bridgehead atoms. The zero-order valence-electron chi connectivity index (χ0n) is 20.8. The average Bonchev–Trinajstić information content (AvgIpc) is 2.55. The standard InChI is InChI=1S/C23H46O5Si/c1-13(2)18(24)21-19(25)22(27-23(11,12)26-21)20(14(3)4)28-29(15(5)6,16(7)8)17(9)10/h13-18,20-22,24H,1-12H3/t18-,20-,21-,22+/m0/s1. The van der Waals surface area contributed by atoms with Gasteiger partial charge in [-0.3, -0.25) is 4.79 Å². The minimum atomic E-state index is -2.22. The number of aliphatic hydroxyl groups excluding tert-OH is 1. The molecule has 0 saturated carbocycles. The van der Waals surface area contributed by atoms with E-state index in [-0.39, 0.29) is 23.7 Å². The molecule has 1 saturated heterocycles. The van der Waals surface area contributed by atoms with Crippen molar-refractivity contribution in [3.05, 3.63) is 0 Å². The van der Waals surface area contributed by atoms with Crippen LogP contribution in [0.5, 0.6) is 0 Å². The van der Waals surface area contributed by atoms with Gasteiger partial charge in [-0.15, -0.1) is 0 Å². The first-order valence-corrected chi connectivity index (χ1v) is 13.5. The van der Waals surface area contributed by atoms with Crippen LogP contribution in [0.4, 0.5) is 0 Å². The number of ether oxygens (including phenoxy) is 2. The van der Waals surface area contributed by atoms with Gasteiger partial charge in [0.05, 0.1) is 12.2 Å². The Balaban J connectivity index is 3.40. The Morgan fingerprint density at radius 3 is 1.59 bits per heavy atom. The smallest absolute Gasteiger partial charge is 0.200 e. The van der Waals surface area contributed by atoms with Crippen molar-refractivity contribution in [2.24, 2.45) is 11.8 Å². The Labute approximate surface area is 180 Å². The number of ketones is 1. The summed E-state index contributed by atoms with van der Waals surface area (Å²) in [5.74, 6) is -1.17. The molecule has 172 valence electrons. The maximum absolute atomic E-state index is 13.4. The normalized spacial score (nSPS) is 25.5. The highest BCUT2D eigenvalue weighted by Crippen LogP contribution is 2.45. The van der Waals surface area contributed by atoms with Crippen LogP contribution in [0, 0.1) is 11.8 Å². The first-order chi connectivity index (χ1) is 13.1. The second-order valence-corrected chi connectivity index (χ2v) is 16.2. The number of rotatable bonds is 9. The molecule has 0 aromatic rings. The molecular formula is C23H46O5Si. The summed E-state index contributed by atoms with van der Waals surface area (Å²) in [6, 6.07) is 0. The van der Waals surface area contributed by atoms with Crippen LogP contribution < -0.4 is 0 Å². The van der Waals surface area contributed by atoms with Crippen molar-refractivity contribution in [1.29, 1.82) is 0 Å². The van der Waals surface area contributed by atoms with E-state index in [0.717, 1.165) is 0 Å². The summed E-state index contributed by atoms with van der Waals surface area (Å²) in [5.41, 5.74) is 1.22. The van der Waals surface area contributed by atoms with E-state index in [2.05, 4.69) is 55.4 Å². The van der Waals surface area contributed by atoms with Gasteiger partial charge < -0.3 is 19.0 Å². The molecule has 0 aliphatic carbocycles. The van der Waals surface area contributed by atoms with Crippen LogP contribution in [0.15, 0.2) is 0 Å². The first-order valence-electron chi connectivity index (χ1n) is 11.3. The van der Waals surface area contributed by atoms with Gasteiger partial charge in [0, 0.05) is 0 Å². The Hall–Kier alpha value is -0.273. The van der Waals surface area contributed by atoms with Crippen molar-refractivity contribution < 1.29 is 23.8 Å². The van der Waals surface area contributed by atoms with E-state index < -0.39 is 32.4 Å². The SMILES string of the molecule is CC(C)[C@H](O)[C@@H]1OC(C)(C)O[C@@H]([C@@H](O[Si](C(C)C)(C(C)C)C(C)C)C(C)C)C1=O. The fourth-order valence-corrected chi connectivity index (χ4v) is 10.6. The highest BCUT2D eigenvalue weighted by Gasteiger charge is 2.53. The Morgan fingerprint density at radius 1 is 0.828 bits per heavy atom. The number of hydrogen-bond donors (Lipinski definition) is 1. The third kappa shape index (κ3) is 5.70. The molecule has 1 fully saturated rings. The molecule has 5 nitrogen and oxygen atoms in total. The molecular weight excluding hydrogens is 384 g/mol. The molecule has 0 unspecified atom stereocenters. The lowest BCUT2D eigenvalue weighted by molar-refractivity contribution is -0.303. The van der Waals surface area contributed by atoms with Gasteiger partial charge >= 0.3 is 0 Å². The second-order valence-electron chi connectivity index (χ2n) is 10.8. The minimum absolute atomic E-state index is 0.0904. The van der Waals surface area contributed by atoms with Crippen LogP contribution in [0.25, 0.3) is 0 Å². The maximum Gasteiger partial charge on any atom is 0.200 e. The van der Waals surface area contributed by atoms with E-state index in [1.807, 2.05) is 27.7 Å². The molecule has 1 heterocycles. The molecule has 1 aliphatic rings. The summed E-state index contributed by atoms with van der Waals surface area (Å²) in [4.78, 5) is 13.4. The van der Waals surface area contributed by atoms with Gasteiger partial charge in [-0.05, 0) is 42.3 Å². The third-order valence-electron chi connectivity index (χ3n) is 6.38. The quantitative estimate of drug-likeness (QED) is 0.502. The fourth-order valence-electron chi connectivity index (χ4n) is 4.93. The molecule has 6 heteroatoms. The van der Waals surface area contributed by atoms with E-state index >= 15 is 0 Å². The first kappa shape index (κ1) is 26.8. The summed E-state index contributed by atoms with van der Waals surface area (Å²) in [6.45, 7) is 25.0. The Morgan fingerprint density at radius 2 is 1.24 bits per heavy atom. The number of carbonyl (C=O) groups excluding carboxylic acids is 1. The van der Waals surface area contributed by atoms with Crippen molar-refractivity contribution in [2.45, 2.75) is 130 Å². The zero-order valence-corrected chi connectivity index (χ0v) is 21.8. The number of hydrogen-bond acceptors (Lipinski definition) is 5. The topological polar surface area (TPSA) is 65.0 Å². The lowest BCUT2D eigenvalue weighted by atomic mass is 9.89. The zero-order chi connectivity index (χ0) is 22.9. The van der Waals surface area contributed by atoms with Crippen LogP contribution in [-0.4, -0.2) is 49.4 Å². The molecule has 0 radical (unpaired) electrons. The summed E-state index contributed by atoms with van der Waals surface area (Å²) in [5, 5.41) is 10.7. The van der Waals surface area contributed by atoms with Gasteiger partial charge in [-0.2, -0.15) is 0 Å². The van der Waals surface area contributed by atoms with Crippen molar-refractivity contribution >= 4 is 14.1 Å². The van der Waals surface area contributed by atoms with Gasteiger partial charge in [0.1, 0.15) is 12.2 Å². The number of Topliss-reactive ketones (excluding diaryl/α,β-unsaturated/α-hetero) is 1. The maximum atomic E-state index is 13.4. The van der Waals surface area contributed by atoms with Crippen molar-refractivity contribution in [2.75, 3.05) is 0 Å². The summed E-state index contributed by atoms with van der Waals surface area (Å²) in [7, 11) is -2.22. The minimum Gasteiger partial charge on any atom is -0.410 e. The van der Waals surface area contributed by atoms with Crippen LogP contribution in [-0.2, 0) is 18.7 Å². The van der Waals surface area contributed by atoms with Crippen LogP contribution in [0.2, 0.25) is 16.6 Å². The highest BCUT2D eigenvalue weighted by molar-refractivity contribution is 6.77. The second kappa shape index (κ2) is 9.90. The molecule has 0 spiro atoms. The van der Waals surface area contributed by atoms with Crippen LogP contribution in [0.1, 0.15) is 83.1 Å². The van der Waals surface area contributed by atoms with E-state index in [9.17, 15) is 9.90 Å². The predicted octanol–water partition coefficient (Wildman–Crippen LogP) is 5.31. The average molecular weight is 431 g/mol.